The maximum absolute atomic E-state index is 12.3. The molecule has 1 amide bonds. The highest BCUT2D eigenvalue weighted by Gasteiger charge is 2.18. The van der Waals surface area contributed by atoms with Crippen LogP contribution in [0.25, 0.3) is 0 Å². The van der Waals surface area contributed by atoms with Crippen LogP contribution in [0.4, 0.5) is 11.5 Å². The molecule has 6 heteroatoms. The van der Waals surface area contributed by atoms with Crippen molar-refractivity contribution in [3.05, 3.63) is 47.7 Å². The van der Waals surface area contributed by atoms with Crippen LogP contribution in [-0.4, -0.2) is 53.7 Å². The van der Waals surface area contributed by atoms with Gasteiger partial charge in [0.05, 0.1) is 0 Å². The summed E-state index contributed by atoms with van der Waals surface area (Å²) in [5.41, 5.74) is 2.14. The highest BCUT2D eigenvalue weighted by atomic mass is 16.1. The minimum atomic E-state index is -0.237. The van der Waals surface area contributed by atoms with Gasteiger partial charge in [0, 0.05) is 31.9 Å². The van der Waals surface area contributed by atoms with E-state index in [1.807, 2.05) is 37.3 Å². The number of carbonyl (C=O) groups excluding carboxylic acids is 1. The zero-order chi connectivity index (χ0) is 16.9. The Kier molecular flexibility index (Phi) is 5.05. The summed E-state index contributed by atoms with van der Waals surface area (Å²) in [7, 11) is 0. The van der Waals surface area contributed by atoms with Crippen LogP contribution >= 0.6 is 0 Å². The Labute approximate surface area is 142 Å². The number of likely N-dealkylation sites (N-methyl/N-ethyl adjacent to an activating group) is 1. The third-order valence-electron chi connectivity index (χ3n) is 4.42. The van der Waals surface area contributed by atoms with Crippen LogP contribution in [0.1, 0.15) is 23.0 Å². The second kappa shape index (κ2) is 7.40. The first kappa shape index (κ1) is 16.4. The van der Waals surface area contributed by atoms with E-state index >= 15 is 0 Å². The predicted molar refractivity (Wildman–Crippen MR) is 95.5 cm³/mol. The van der Waals surface area contributed by atoms with Crippen molar-refractivity contribution in [1.82, 2.24) is 15.1 Å². The zero-order valence-corrected chi connectivity index (χ0v) is 14.2. The average Bonchev–Trinajstić information content (AvgIpc) is 2.64. The summed E-state index contributed by atoms with van der Waals surface area (Å²) in [6, 6.07) is 11.3. The molecule has 1 aliphatic heterocycles. The topological polar surface area (TPSA) is 61.4 Å². The van der Waals surface area contributed by atoms with Crippen LogP contribution in [-0.2, 0) is 0 Å². The van der Waals surface area contributed by atoms with Crippen LogP contribution in [0.5, 0.6) is 0 Å². The molecule has 24 heavy (non-hydrogen) atoms. The lowest BCUT2D eigenvalue weighted by molar-refractivity contribution is 0.102. The second-order valence-electron chi connectivity index (χ2n) is 5.97. The first-order chi connectivity index (χ1) is 11.7. The lowest BCUT2D eigenvalue weighted by Gasteiger charge is -2.34. The second-order valence-corrected chi connectivity index (χ2v) is 5.97. The molecule has 3 rings (SSSR count). The van der Waals surface area contributed by atoms with Gasteiger partial charge in [-0.25, -0.2) is 0 Å². The largest absolute Gasteiger partial charge is 0.353 e. The molecule has 2 heterocycles. The molecule has 0 radical (unpaired) electrons. The third-order valence-corrected chi connectivity index (χ3v) is 4.42. The third kappa shape index (κ3) is 3.71. The minimum absolute atomic E-state index is 0.237. The summed E-state index contributed by atoms with van der Waals surface area (Å²) in [5, 5.41) is 11.2. The van der Waals surface area contributed by atoms with E-state index in [1.54, 1.807) is 6.07 Å². The van der Waals surface area contributed by atoms with E-state index in [0.717, 1.165) is 49.8 Å². The number of para-hydroxylation sites is 1. The highest BCUT2D eigenvalue weighted by molar-refractivity contribution is 6.03. The highest BCUT2D eigenvalue weighted by Crippen LogP contribution is 2.16. The Morgan fingerprint density at radius 2 is 1.83 bits per heavy atom. The smallest absolute Gasteiger partial charge is 0.276 e. The number of piperazine rings is 1. The number of amides is 1. The summed E-state index contributed by atoms with van der Waals surface area (Å²) in [4.78, 5) is 16.9. The molecule has 6 nitrogen and oxygen atoms in total. The number of hydrogen-bond acceptors (Lipinski definition) is 5. The molecule has 0 atom stereocenters. The maximum Gasteiger partial charge on any atom is 0.276 e. The van der Waals surface area contributed by atoms with E-state index in [0.29, 0.717) is 5.69 Å². The molecule has 126 valence electrons. The fraction of sp³-hybridized carbons (Fsp3) is 0.389. The van der Waals surface area contributed by atoms with Crippen LogP contribution in [0.2, 0.25) is 0 Å². The molecule has 1 aromatic heterocycles. The molecular weight excluding hydrogens is 302 g/mol. The van der Waals surface area contributed by atoms with Gasteiger partial charge in [0.1, 0.15) is 0 Å². The quantitative estimate of drug-likeness (QED) is 0.933. The number of nitrogens with zero attached hydrogens (tertiary/aromatic N) is 4. The minimum Gasteiger partial charge on any atom is -0.353 e. The van der Waals surface area contributed by atoms with Gasteiger partial charge in [0.25, 0.3) is 5.91 Å². The van der Waals surface area contributed by atoms with E-state index in [2.05, 4.69) is 32.2 Å². The molecule has 1 fully saturated rings. The van der Waals surface area contributed by atoms with Crippen molar-refractivity contribution in [3.63, 3.8) is 0 Å². The Balaban J connectivity index is 1.64. The summed E-state index contributed by atoms with van der Waals surface area (Å²) in [5.74, 6) is 0.595. The Hall–Kier alpha value is -2.47. The molecular formula is C18H23N5O. The molecule has 0 saturated carbocycles. The number of aryl methyl sites for hydroxylation is 1. The lowest BCUT2D eigenvalue weighted by atomic mass is 10.2. The summed E-state index contributed by atoms with van der Waals surface area (Å²) >= 11 is 0. The normalized spacial score (nSPS) is 15.3. The van der Waals surface area contributed by atoms with Crippen molar-refractivity contribution in [3.8, 4) is 0 Å². The Morgan fingerprint density at radius 3 is 2.46 bits per heavy atom. The monoisotopic (exact) mass is 325 g/mol. The van der Waals surface area contributed by atoms with Gasteiger partial charge in [-0.3, -0.25) is 4.79 Å². The molecule has 0 unspecified atom stereocenters. The van der Waals surface area contributed by atoms with Gasteiger partial charge < -0.3 is 15.1 Å². The van der Waals surface area contributed by atoms with Crippen LogP contribution < -0.4 is 10.2 Å². The van der Waals surface area contributed by atoms with Crippen molar-refractivity contribution < 1.29 is 4.79 Å². The molecule has 1 saturated heterocycles. The average molecular weight is 325 g/mol. The number of benzene rings is 1. The van der Waals surface area contributed by atoms with E-state index in [-0.39, 0.29) is 5.91 Å². The first-order valence-corrected chi connectivity index (χ1v) is 8.35. The fourth-order valence-electron chi connectivity index (χ4n) is 2.81. The van der Waals surface area contributed by atoms with E-state index in [9.17, 15) is 4.79 Å². The van der Waals surface area contributed by atoms with E-state index in [4.69, 9.17) is 0 Å². The summed E-state index contributed by atoms with van der Waals surface area (Å²) < 4.78 is 0. The Morgan fingerprint density at radius 1 is 1.08 bits per heavy atom. The SMILES string of the molecule is CCN1CCN(c2ccc(C(=O)Nc3ccccc3C)nn2)CC1. The van der Waals surface area contributed by atoms with Gasteiger partial charge in [0.2, 0.25) is 0 Å². The van der Waals surface area contributed by atoms with Gasteiger partial charge in [-0.05, 0) is 37.2 Å². The van der Waals surface area contributed by atoms with Crippen molar-refractivity contribution in [2.24, 2.45) is 0 Å². The van der Waals surface area contributed by atoms with Gasteiger partial charge >= 0.3 is 0 Å². The van der Waals surface area contributed by atoms with Gasteiger partial charge in [-0.15, -0.1) is 10.2 Å². The number of rotatable bonds is 4. The molecule has 1 N–H and O–H groups in total. The van der Waals surface area contributed by atoms with E-state index in [1.165, 1.54) is 0 Å². The molecule has 0 spiro atoms. The van der Waals surface area contributed by atoms with Gasteiger partial charge in [0.15, 0.2) is 11.5 Å². The van der Waals surface area contributed by atoms with E-state index < -0.39 is 0 Å². The molecule has 0 aliphatic carbocycles. The van der Waals surface area contributed by atoms with Crippen LogP contribution in [0.15, 0.2) is 36.4 Å². The van der Waals surface area contributed by atoms with Crippen molar-refractivity contribution in [2.45, 2.75) is 13.8 Å². The number of carbonyl (C=O) groups is 1. The first-order valence-electron chi connectivity index (χ1n) is 8.35. The Bertz CT molecular complexity index is 693. The summed E-state index contributed by atoms with van der Waals surface area (Å²) in [6.07, 6.45) is 0. The molecule has 0 bridgehead atoms. The van der Waals surface area contributed by atoms with Gasteiger partial charge in [-0.1, -0.05) is 25.1 Å². The number of anilines is 2. The molecule has 1 aromatic carbocycles. The maximum atomic E-state index is 12.3. The van der Waals surface area contributed by atoms with Crippen molar-refractivity contribution in [1.29, 1.82) is 0 Å². The van der Waals surface area contributed by atoms with Crippen molar-refractivity contribution in [2.75, 3.05) is 42.9 Å². The predicted octanol–water partition coefficient (Wildman–Crippen LogP) is 2.18. The number of hydrogen-bond donors (Lipinski definition) is 1. The summed E-state index contributed by atoms with van der Waals surface area (Å²) in [6.45, 7) is 9.17. The fourth-order valence-corrected chi connectivity index (χ4v) is 2.81. The molecule has 2 aromatic rings. The lowest BCUT2D eigenvalue weighted by Crippen LogP contribution is -2.46. The van der Waals surface area contributed by atoms with Gasteiger partial charge in [-0.2, -0.15) is 0 Å². The zero-order valence-electron chi connectivity index (χ0n) is 14.2. The van der Waals surface area contributed by atoms with Crippen LogP contribution in [0.3, 0.4) is 0 Å². The van der Waals surface area contributed by atoms with Crippen LogP contribution in [0, 0.1) is 6.92 Å². The van der Waals surface area contributed by atoms with Crippen molar-refractivity contribution >= 4 is 17.4 Å². The standard InChI is InChI=1S/C18H23N5O/c1-3-22-10-12-23(13-11-22)17-9-8-16(20-21-17)18(24)19-15-7-5-4-6-14(15)2/h4-9H,3,10-13H2,1-2H3,(H,19,24). The number of aromatic nitrogens is 2. The molecule has 1 aliphatic rings. The number of nitrogens with one attached hydrogen (secondary N) is 1.